The fraction of sp³-hybridized carbons (Fsp3) is 0.240. The van der Waals surface area contributed by atoms with Crippen LogP contribution in [0.4, 0.5) is 10.2 Å². The molecule has 0 atom stereocenters. The molecule has 0 bridgehead atoms. The molecule has 7 nitrogen and oxygen atoms in total. The van der Waals surface area contributed by atoms with E-state index in [-0.39, 0.29) is 34.5 Å². The van der Waals surface area contributed by atoms with Crippen LogP contribution in [0.1, 0.15) is 42.4 Å². The van der Waals surface area contributed by atoms with E-state index in [4.69, 9.17) is 16.3 Å². The number of benzene rings is 2. The second-order valence-corrected chi connectivity index (χ2v) is 9.30. The molecule has 2 aromatic heterocycles. The lowest BCUT2D eigenvalue weighted by Gasteiger charge is -2.19. The predicted octanol–water partition coefficient (Wildman–Crippen LogP) is 5.51. The summed E-state index contributed by atoms with van der Waals surface area (Å²) in [4.78, 5) is 12.6. The van der Waals surface area contributed by atoms with Crippen molar-refractivity contribution in [2.24, 2.45) is 0 Å². The smallest absolute Gasteiger partial charge is 0.277 e. The highest BCUT2D eigenvalue weighted by Gasteiger charge is 2.16. The minimum atomic E-state index is -0.453. The Kier molecular flexibility index (Phi) is 6.70. The van der Waals surface area contributed by atoms with Crippen LogP contribution in [0.25, 0.3) is 0 Å². The monoisotopic (exact) mass is 481 g/mol. The lowest BCUT2D eigenvalue weighted by Crippen LogP contribution is -2.15. The van der Waals surface area contributed by atoms with E-state index in [1.807, 2.05) is 24.3 Å². The first-order valence-corrected chi connectivity index (χ1v) is 11.1. The van der Waals surface area contributed by atoms with Crippen LogP contribution in [0, 0.1) is 5.82 Å². The van der Waals surface area contributed by atoms with Gasteiger partial charge in [0.1, 0.15) is 16.6 Å². The van der Waals surface area contributed by atoms with E-state index >= 15 is 0 Å². The Morgan fingerprint density at radius 3 is 2.56 bits per heavy atom. The third kappa shape index (κ3) is 5.82. The number of hydrogen-bond donors (Lipinski definition) is 1. The molecular formula is C25H25ClFN5O2. The summed E-state index contributed by atoms with van der Waals surface area (Å²) in [6.45, 7) is 6.94. The van der Waals surface area contributed by atoms with Gasteiger partial charge in [0.2, 0.25) is 0 Å². The van der Waals surface area contributed by atoms with Crippen LogP contribution in [0.2, 0.25) is 5.02 Å². The van der Waals surface area contributed by atoms with E-state index in [9.17, 15) is 9.18 Å². The molecule has 2 aromatic carbocycles. The summed E-state index contributed by atoms with van der Waals surface area (Å²) >= 11 is 6.22. The molecule has 0 saturated carbocycles. The zero-order chi connectivity index (χ0) is 24.3. The maximum Gasteiger partial charge on any atom is 0.277 e. The van der Waals surface area contributed by atoms with Gasteiger partial charge in [-0.05, 0) is 46.9 Å². The molecule has 0 spiro atoms. The molecule has 1 N–H and O–H groups in total. The number of rotatable bonds is 7. The molecule has 0 radical (unpaired) electrons. The molecule has 0 aliphatic carbocycles. The van der Waals surface area contributed by atoms with Crippen LogP contribution in [-0.2, 0) is 18.7 Å². The molecule has 1 amide bonds. The predicted molar refractivity (Wildman–Crippen MR) is 129 cm³/mol. The number of carbonyl (C=O) groups is 1. The normalized spacial score (nSPS) is 11.4. The summed E-state index contributed by atoms with van der Waals surface area (Å²) in [6, 6.07) is 15.7. The van der Waals surface area contributed by atoms with Gasteiger partial charge in [0.25, 0.3) is 5.91 Å². The molecular weight excluding hydrogens is 457 g/mol. The van der Waals surface area contributed by atoms with Gasteiger partial charge in [-0.3, -0.25) is 9.48 Å². The van der Waals surface area contributed by atoms with Gasteiger partial charge in [-0.1, -0.05) is 56.6 Å². The number of ether oxygens (including phenoxy) is 1. The molecule has 0 saturated heterocycles. The highest BCUT2D eigenvalue weighted by atomic mass is 35.5. The number of amides is 1. The zero-order valence-electron chi connectivity index (χ0n) is 19.1. The number of hydrogen-bond acceptors (Lipinski definition) is 4. The van der Waals surface area contributed by atoms with Crippen molar-refractivity contribution in [3.05, 3.63) is 94.7 Å². The fourth-order valence-corrected chi connectivity index (χ4v) is 3.50. The van der Waals surface area contributed by atoms with Gasteiger partial charge in [0.15, 0.2) is 18.2 Å². The summed E-state index contributed by atoms with van der Waals surface area (Å²) in [5.41, 5.74) is 2.21. The molecule has 0 fully saturated rings. The fourth-order valence-electron chi connectivity index (χ4n) is 3.30. The summed E-state index contributed by atoms with van der Waals surface area (Å²) in [7, 11) is 0. The Hall–Kier alpha value is -3.65. The molecule has 9 heteroatoms. The Balaban J connectivity index is 1.35. The van der Waals surface area contributed by atoms with E-state index in [2.05, 4.69) is 36.3 Å². The van der Waals surface area contributed by atoms with Crippen molar-refractivity contribution in [2.45, 2.75) is 39.5 Å². The SMILES string of the molecule is CC(C)(C)c1ccc(OCn2ccc(C(=O)Nc3nn(Cc4cccc(F)c4)cc3Cl)n2)cc1. The molecule has 2 heterocycles. The molecule has 176 valence electrons. The number of nitrogens with one attached hydrogen (secondary N) is 1. The van der Waals surface area contributed by atoms with Crippen LogP contribution in [0.5, 0.6) is 5.75 Å². The van der Waals surface area contributed by atoms with Gasteiger partial charge in [0, 0.05) is 12.4 Å². The first-order valence-electron chi connectivity index (χ1n) is 10.7. The van der Waals surface area contributed by atoms with Crippen molar-refractivity contribution in [3.63, 3.8) is 0 Å². The summed E-state index contributed by atoms with van der Waals surface area (Å²) in [6.07, 6.45) is 3.22. The van der Waals surface area contributed by atoms with Gasteiger partial charge in [0.05, 0.1) is 6.54 Å². The van der Waals surface area contributed by atoms with Crippen LogP contribution < -0.4 is 10.1 Å². The number of carbonyl (C=O) groups excluding carboxylic acids is 1. The first-order chi connectivity index (χ1) is 16.2. The lowest BCUT2D eigenvalue weighted by molar-refractivity contribution is 0.101. The lowest BCUT2D eigenvalue weighted by atomic mass is 9.87. The summed E-state index contributed by atoms with van der Waals surface area (Å²) < 4.78 is 22.2. The molecule has 4 aromatic rings. The third-order valence-corrected chi connectivity index (χ3v) is 5.42. The largest absolute Gasteiger partial charge is 0.471 e. The average molecular weight is 482 g/mol. The highest BCUT2D eigenvalue weighted by molar-refractivity contribution is 6.33. The Morgan fingerprint density at radius 1 is 1.09 bits per heavy atom. The van der Waals surface area contributed by atoms with Crippen molar-refractivity contribution in [2.75, 3.05) is 5.32 Å². The minimum absolute atomic E-state index is 0.0704. The molecule has 4 rings (SSSR count). The van der Waals surface area contributed by atoms with E-state index in [0.29, 0.717) is 12.3 Å². The standard InChI is InChI=1S/C25H25ClFN5O2/c1-25(2,3)18-7-9-20(10-8-18)34-16-31-12-11-22(29-31)24(33)28-23-21(26)15-32(30-23)14-17-5-4-6-19(27)13-17/h4-13,15H,14,16H2,1-3H3,(H,28,30,33). The van der Waals surface area contributed by atoms with E-state index < -0.39 is 5.91 Å². The highest BCUT2D eigenvalue weighted by Crippen LogP contribution is 2.24. The number of anilines is 1. The van der Waals surface area contributed by atoms with Gasteiger partial charge in [-0.25, -0.2) is 9.07 Å². The van der Waals surface area contributed by atoms with Crippen molar-refractivity contribution in [3.8, 4) is 5.75 Å². The van der Waals surface area contributed by atoms with Gasteiger partial charge < -0.3 is 10.1 Å². The second-order valence-electron chi connectivity index (χ2n) is 8.90. The molecule has 0 aliphatic rings. The summed E-state index contributed by atoms with van der Waals surface area (Å²) in [5, 5.41) is 11.5. The quantitative estimate of drug-likeness (QED) is 0.378. The average Bonchev–Trinajstić information content (AvgIpc) is 3.39. The van der Waals surface area contributed by atoms with Crippen molar-refractivity contribution in [1.82, 2.24) is 19.6 Å². The maximum absolute atomic E-state index is 13.4. The van der Waals surface area contributed by atoms with Gasteiger partial charge in [-0.2, -0.15) is 10.2 Å². The van der Waals surface area contributed by atoms with E-state index in [1.54, 1.807) is 30.6 Å². The Bertz CT molecular complexity index is 1290. The van der Waals surface area contributed by atoms with Gasteiger partial charge >= 0.3 is 0 Å². The van der Waals surface area contributed by atoms with E-state index in [1.165, 1.54) is 27.1 Å². The molecule has 34 heavy (non-hydrogen) atoms. The number of aromatic nitrogens is 4. The van der Waals surface area contributed by atoms with Crippen LogP contribution >= 0.6 is 11.6 Å². The second kappa shape index (κ2) is 9.69. The molecule has 0 aliphatic heterocycles. The van der Waals surface area contributed by atoms with Crippen molar-refractivity contribution in [1.29, 1.82) is 0 Å². The number of nitrogens with zero attached hydrogens (tertiary/aromatic N) is 4. The zero-order valence-corrected chi connectivity index (χ0v) is 19.9. The summed E-state index contributed by atoms with van der Waals surface area (Å²) in [5.74, 6) is 0.134. The van der Waals surface area contributed by atoms with Crippen molar-refractivity contribution < 1.29 is 13.9 Å². The van der Waals surface area contributed by atoms with Crippen LogP contribution in [0.15, 0.2) is 67.0 Å². The van der Waals surface area contributed by atoms with Crippen molar-refractivity contribution >= 4 is 23.3 Å². The minimum Gasteiger partial charge on any atom is -0.471 e. The van der Waals surface area contributed by atoms with Crippen LogP contribution in [-0.4, -0.2) is 25.5 Å². The topological polar surface area (TPSA) is 74.0 Å². The molecule has 0 unspecified atom stereocenters. The third-order valence-electron chi connectivity index (χ3n) is 5.14. The van der Waals surface area contributed by atoms with Crippen LogP contribution in [0.3, 0.4) is 0 Å². The number of halogens is 2. The van der Waals surface area contributed by atoms with Gasteiger partial charge in [-0.15, -0.1) is 0 Å². The Labute approximate surface area is 202 Å². The first kappa shape index (κ1) is 23.5. The maximum atomic E-state index is 13.4. The van der Waals surface area contributed by atoms with E-state index in [0.717, 1.165) is 5.56 Å². The Morgan fingerprint density at radius 2 is 1.85 bits per heavy atom.